The first-order valence-electron chi connectivity index (χ1n) is 6.97. The maximum absolute atomic E-state index is 10.9. The van der Waals surface area contributed by atoms with E-state index < -0.39 is 6.09 Å². The van der Waals surface area contributed by atoms with Crippen molar-refractivity contribution < 1.29 is 9.90 Å². The van der Waals surface area contributed by atoms with Gasteiger partial charge in [0.1, 0.15) is 17.2 Å². The number of hydrogen-bond donors (Lipinski definition) is 1. The molecule has 1 rings (SSSR count). The largest absolute Gasteiger partial charge is 0.530 e. The fourth-order valence-corrected chi connectivity index (χ4v) is 4.21. The maximum Gasteiger partial charge on any atom is 0.249 e. The second-order valence-electron chi connectivity index (χ2n) is 5.78. The van der Waals surface area contributed by atoms with Gasteiger partial charge < -0.3 is 9.90 Å². The van der Waals surface area contributed by atoms with Gasteiger partial charge in [-0.15, -0.1) is 0 Å². The van der Waals surface area contributed by atoms with E-state index in [1.807, 2.05) is 0 Å². The highest BCUT2D eigenvalue weighted by Gasteiger charge is 2.25. The summed E-state index contributed by atoms with van der Waals surface area (Å²) in [6.07, 6.45) is 0.753. The molecule has 0 radical (unpaired) electrons. The molecule has 0 aliphatic rings. The van der Waals surface area contributed by atoms with Gasteiger partial charge >= 0.3 is 0 Å². The highest BCUT2D eigenvalue weighted by atomic mass is 32.2. The Morgan fingerprint density at radius 2 is 1.84 bits per heavy atom. The van der Waals surface area contributed by atoms with Crippen molar-refractivity contribution in [2.45, 2.75) is 53.2 Å². The van der Waals surface area contributed by atoms with Crippen molar-refractivity contribution in [2.24, 2.45) is 11.8 Å². The number of carboxylic acid groups (broad SMARTS) is 1. The van der Waals surface area contributed by atoms with Gasteiger partial charge in [0, 0.05) is 21.6 Å². The second-order valence-corrected chi connectivity index (χ2v) is 7.86. The van der Waals surface area contributed by atoms with Gasteiger partial charge in [-0.25, -0.2) is 0 Å². The quantitative estimate of drug-likeness (QED) is 0.811. The van der Waals surface area contributed by atoms with Crippen molar-refractivity contribution in [2.75, 3.05) is 5.32 Å². The summed E-state index contributed by atoms with van der Waals surface area (Å²) >= 11 is 0. The molecule has 0 bridgehead atoms. The molecule has 3 nitrogen and oxygen atoms in total. The highest BCUT2D eigenvalue weighted by molar-refractivity contribution is 7.33. The first kappa shape index (κ1) is 16.0. The van der Waals surface area contributed by atoms with E-state index in [0.29, 0.717) is 11.8 Å². The van der Waals surface area contributed by atoms with E-state index in [0.717, 1.165) is 23.6 Å². The van der Waals surface area contributed by atoms with Crippen LogP contribution < -0.4 is 10.4 Å². The Morgan fingerprint density at radius 1 is 1.26 bits per heavy atom. The van der Waals surface area contributed by atoms with Crippen LogP contribution in [0.1, 0.15) is 45.7 Å². The molecule has 1 aromatic rings. The fraction of sp³-hybridized carbons (Fsp3) is 0.667. The van der Waals surface area contributed by atoms with Crippen LogP contribution in [0.2, 0.25) is 0 Å². The number of carbonyl (C=O) groups is 1. The molecule has 1 aromatic heterocycles. The minimum atomic E-state index is -1.19. The number of carbonyl (C=O) groups excluding carboxylic acids is 1. The van der Waals surface area contributed by atoms with E-state index >= 15 is 0 Å². The van der Waals surface area contributed by atoms with Gasteiger partial charge in [0.15, 0.2) is 0 Å². The standard InChI is InChI=1S/C15H25NO2S/c1-6-19-9-12(7-10(2)3)13(8-11(4)5)14(19)16-15(17)18/h9-11,16H,6-8H2,1-5H3. The lowest BCUT2D eigenvalue weighted by Gasteiger charge is -2.10. The SMILES string of the molecule is CC[s+]1cc(CC(C)C)c(CC(C)C)c1NC(=O)[O-]. The molecule has 0 aliphatic heterocycles. The van der Waals surface area contributed by atoms with Gasteiger partial charge in [0.05, 0.1) is 0 Å². The lowest BCUT2D eigenvalue weighted by Crippen LogP contribution is -2.29. The third-order valence-corrected chi connectivity index (χ3v) is 5.04. The van der Waals surface area contributed by atoms with Crippen LogP contribution in [0.25, 0.3) is 0 Å². The zero-order chi connectivity index (χ0) is 14.6. The average Bonchev–Trinajstić information content (AvgIpc) is 2.55. The summed E-state index contributed by atoms with van der Waals surface area (Å²) in [6, 6.07) is 0. The molecule has 19 heavy (non-hydrogen) atoms. The highest BCUT2D eigenvalue weighted by Crippen LogP contribution is 2.40. The number of rotatable bonds is 6. The van der Waals surface area contributed by atoms with Crippen molar-refractivity contribution in [3.8, 4) is 0 Å². The van der Waals surface area contributed by atoms with E-state index in [9.17, 15) is 9.90 Å². The third-order valence-electron chi connectivity index (χ3n) is 2.98. The average molecular weight is 283 g/mol. The van der Waals surface area contributed by atoms with Gasteiger partial charge in [-0.1, -0.05) is 27.7 Å². The van der Waals surface area contributed by atoms with Crippen LogP contribution >= 0.6 is 10.5 Å². The third kappa shape index (κ3) is 4.53. The minimum Gasteiger partial charge on any atom is -0.530 e. The fourth-order valence-electron chi connectivity index (χ4n) is 2.31. The molecule has 0 fully saturated rings. The molecular weight excluding hydrogens is 258 g/mol. The summed E-state index contributed by atoms with van der Waals surface area (Å²) < 4.78 is 0. The van der Waals surface area contributed by atoms with Crippen LogP contribution in [0.15, 0.2) is 5.38 Å². The molecule has 108 valence electrons. The summed E-state index contributed by atoms with van der Waals surface area (Å²) in [5.74, 6) is 2.04. The topological polar surface area (TPSA) is 52.2 Å². The van der Waals surface area contributed by atoms with Crippen LogP contribution in [0.5, 0.6) is 0 Å². The molecule has 0 spiro atoms. The van der Waals surface area contributed by atoms with Crippen molar-refractivity contribution in [1.82, 2.24) is 0 Å². The van der Waals surface area contributed by atoms with Crippen LogP contribution in [-0.4, -0.2) is 6.09 Å². The summed E-state index contributed by atoms with van der Waals surface area (Å²) in [5.41, 5.74) is 2.54. The molecule has 1 atom stereocenters. The maximum atomic E-state index is 10.9. The normalized spacial score (nSPS) is 12.3. The number of amides is 1. The van der Waals surface area contributed by atoms with Crippen LogP contribution in [0.3, 0.4) is 0 Å². The molecule has 0 saturated heterocycles. The Kier molecular flexibility index (Phi) is 5.85. The molecule has 0 aromatic carbocycles. The van der Waals surface area contributed by atoms with Crippen molar-refractivity contribution in [3.63, 3.8) is 0 Å². The molecule has 1 heterocycles. The first-order chi connectivity index (χ1) is 8.85. The zero-order valence-corrected chi connectivity index (χ0v) is 13.4. The Balaban J connectivity index is 3.22. The summed E-state index contributed by atoms with van der Waals surface area (Å²) in [5, 5.41) is 16.6. The molecule has 4 heteroatoms. The zero-order valence-electron chi connectivity index (χ0n) is 12.6. The van der Waals surface area contributed by atoms with Crippen molar-refractivity contribution in [3.05, 3.63) is 16.5 Å². The number of hydrogen-bond acceptors (Lipinski definition) is 2. The number of aryl methyl sites for hydroxylation is 1. The predicted molar refractivity (Wildman–Crippen MR) is 80.7 cm³/mol. The van der Waals surface area contributed by atoms with Gasteiger partial charge in [-0.05, 0) is 31.6 Å². The van der Waals surface area contributed by atoms with Gasteiger partial charge in [-0.2, -0.15) is 0 Å². The van der Waals surface area contributed by atoms with Crippen molar-refractivity contribution in [1.29, 1.82) is 0 Å². The van der Waals surface area contributed by atoms with Crippen molar-refractivity contribution >= 4 is 21.6 Å². The summed E-state index contributed by atoms with van der Waals surface area (Å²) in [7, 11) is -0.1000. The van der Waals surface area contributed by atoms with E-state index in [1.54, 1.807) is 0 Å². The summed E-state index contributed by atoms with van der Waals surface area (Å²) in [4.78, 5) is 10.9. The Morgan fingerprint density at radius 3 is 2.26 bits per heavy atom. The van der Waals surface area contributed by atoms with Gasteiger partial charge in [0.25, 0.3) is 0 Å². The monoisotopic (exact) mass is 283 g/mol. The van der Waals surface area contributed by atoms with E-state index in [4.69, 9.17) is 0 Å². The molecule has 0 saturated carbocycles. The smallest absolute Gasteiger partial charge is 0.249 e. The molecule has 1 unspecified atom stereocenters. The number of nitrogens with one attached hydrogen (secondary N) is 1. The van der Waals surface area contributed by atoms with Crippen LogP contribution in [0, 0.1) is 11.8 Å². The van der Waals surface area contributed by atoms with Gasteiger partial charge in [0.2, 0.25) is 5.00 Å². The van der Waals surface area contributed by atoms with E-state index in [2.05, 4.69) is 45.3 Å². The minimum absolute atomic E-state index is 0.1000. The molecule has 1 amide bonds. The lowest BCUT2D eigenvalue weighted by atomic mass is 9.96. The predicted octanol–water partition coefficient (Wildman–Crippen LogP) is 3.61. The van der Waals surface area contributed by atoms with Gasteiger partial charge in [-0.3, -0.25) is 5.32 Å². The lowest BCUT2D eigenvalue weighted by molar-refractivity contribution is -0.242. The summed E-state index contributed by atoms with van der Waals surface area (Å²) in [6.45, 7) is 10.8. The van der Waals surface area contributed by atoms with Crippen LogP contribution in [0.4, 0.5) is 9.80 Å². The first-order valence-corrected chi connectivity index (χ1v) is 8.42. The molecule has 0 aliphatic carbocycles. The Labute approximate surface area is 119 Å². The molecular formula is C15H25NO2S. The second kappa shape index (κ2) is 6.94. The number of thiophene rings is 1. The number of anilines is 1. The Bertz CT molecular complexity index is 436. The van der Waals surface area contributed by atoms with E-state index in [-0.39, 0.29) is 10.5 Å². The molecule has 1 N–H and O–H groups in total. The van der Waals surface area contributed by atoms with Crippen LogP contribution in [-0.2, 0) is 18.6 Å². The Hall–Kier alpha value is -1.03. The van der Waals surface area contributed by atoms with E-state index in [1.165, 1.54) is 11.1 Å².